The summed E-state index contributed by atoms with van der Waals surface area (Å²) in [5.41, 5.74) is 1.55. The van der Waals surface area contributed by atoms with Crippen molar-refractivity contribution in [2.75, 3.05) is 11.9 Å². The zero-order valence-electron chi connectivity index (χ0n) is 16.7. The molecular formula is C23H22N2O4S2. The maximum Gasteiger partial charge on any atom is 0.335 e. The summed E-state index contributed by atoms with van der Waals surface area (Å²) >= 11 is 6.67. The van der Waals surface area contributed by atoms with E-state index >= 15 is 0 Å². The van der Waals surface area contributed by atoms with Gasteiger partial charge in [-0.15, -0.1) is 0 Å². The third-order valence-corrected chi connectivity index (χ3v) is 6.03. The molecule has 0 radical (unpaired) electrons. The fourth-order valence-electron chi connectivity index (χ4n) is 3.08. The first-order valence-corrected chi connectivity index (χ1v) is 11.1. The van der Waals surface area contributed by atoms with Gasteiger partial charge in [0.1, 0.15) is 4.32 Å². The van der Waals surface area contributed by atoms with E-state index in [0.717, 1.165) is 18.4 Å². The smallest absolute Gasteiger partial charge is 0.335 e. The topological polar surface area (TPSA) is 86.7 Å². The molecule has 1 aliphatic heterocycles. The molecule has 31 heavy (non-hydrogen) atoms. The summed E-state index contributed by atoms with van der Waals surface area (Å²) in [6.07, 6.45) is 4.36. The molecule has 160 valence electrons. The average molecular weight is 455 g/mol. The SMILES string of the molecule is O=C(CCCCCN1C(=O)/C(=C/c2ccccc2)SC1=S)Nc1cccc(C(=O)O)c1. The Morgan fingerprint density at radius 2 is 1.84 bits per heavy atom. The summed E-state index contributed by atoms with van der Waals surface area (Å²) < 4.78 is 0.559. The van der Waals surface area contributed by atoms with Crippen molar-refractivity contribution < 1.29 is 19.5 Å². The summed E-state index contributed by atoms with van der Waals surface area (Å²) in [7, 11) is 0. The van der Waals surface area contributed by atoms with Crippen LogP contribution in [0.4, 0.5) is 5.69 Å². The second-order valence-electron chi connectivity index (χ2n) is 6.99. The molecule has 0 aromatic heterocycles. The van der Waals surface area contributed by atoms with E-state index in [1.54, 1.807) is 17.0 Å². The van der Waals surface area contributed by atoms with Crippen molar-refractivity contribution >= 4 is 57.8 Å². The van der Waals surface area contributed by atoms with Crippen molar-refractivity contribution in [2.45, 2.75) is 25.7 Å². The monoisotopic (exact) mass is 454 g/mol. The Morgan fingerprint density at radius 1 is 1.06 bits per heavy atom. The van der Waals surface area contributed by atoms with E-state index in [-0.39, 0.29) is 17.4 Å². The Labute approximate surface area is 190 Å². The second kappa shape index (κ2) is 10.9. The lowest BCUT2D eigenvalue weighted by Crippen LogP contribution is -2.29. The van der Waals surface area contributed by atoms with Gasteiger partial charge in [0.2, 0.25) is 5.91 Å². The first-order chi connectivity index (χ1) is 14.9. The number of carboxylic acid groups (broad SMARTS) is 1. The number of carboxylic acids is 1. The lowest BCUT2D eigenvalue weighted by Gasteiger charge is -2.14. The van der Waals surface area contributed by atoms with Gasteiger partial charge in [0, 0.05) is 18.7 Å². The van der Waals surface area contributed by atoms with E-state index in [4.69, 9.17) is 17.3 Å². The third kappa shape index (κ3) is 6.50. The number of nitrogens with zero attached hydrogens (tertiary/aromatic N) is 1. The van der Waals surface area contributed by atoms with E-state index in [0.29, 0.717) is 34.3 Å². The molecule has 3 rings (SSSR count). The molecule has 2 aromatic rings. The average Bonchev–Trinajstić information content (AvgIpc) is 3.01. The summed E-state index contributed by atoms with van der Waals surface area (Å²) in [6, 6.07) is 15.8. The minimum atomic E-state index is -1.04. The molecule has 0 spiro atoms. The van der Waals surface area contributed by atoms with Crippen molar-refractivity contribution in [1.82, 2.24) is 4.90 Å². The highest BCUT2D eigenvalue weighted by Crippen LogP contribution is 2.32. The van der Waals surface area contributed by atoms with E-state index < -0.39 is 5.97 Å². The number of benzene rings is 2. The molecule has 0 saturated carbocycles. The molecule has 2 aromatic carbocycles. The van der Waals surface area contributed by atoms with Crippen LogP contribution in [0.1, 0.15) is 41.6 Å². The zero-order valence-corrected chi connectivity index (χ0v) is 18.4. The first kappa shape index (κ1) is 22.7. The van der Waals surface area contributed by atoms with Crippen molar-refractivity contribution in [3.63, 3.8) is 0 Å². The number of thioether (sulfide) groups is 1. The highest BCUT2D eigenvalue weighted by Gasteiger charge is 2.31. The van der Waals surface area contributed by atoms with Crippen LogP contribution in [0.3, 0.4) is 0 Å². The molecule has 0 aliphatic carbocycles. The van der Waals surface area contributed by atoms with Crippen LogP contribution in [0.15, 0.2) is 59.5 Å². The third-order valence-electron chi connectivity index (χ3n) is 4.65. The largest absolute Gasteiger partial charge is 0.478 e. The predicted octanol–water partition coefficient (Wildman–Crippen LogP) is 4.79. The van der Waals surface area contributed by atoms with Gasteiger partial charge in [-0.3, -0.25) is 14.5 Å². The molecule has 0 unspecified atom stereocenters. The van der Waals surface area contributed by atoms with Gasteiger partial charge in [-0.1, -0.05) is 66.8 Å². The number of rotatable bonds is 9. The van der Waals surface area contributed by atoms with Crippen molar-refractivity contribution in [1.29, 1.82) is 0 Å². The predicted molar refractivity (Wildman–Crippen MR) is 127 cm³/mol. The molecule has 1 saturated heterocycles. The quantitative estimate of drug-likeness (QED) is 0.322. The standard InChI is InChI=1S/C23H22N2O4S2/c26-20(24-18-11-7-10-17(15-18)22(28)29)12-5-2-6-13-25-21(27)19(31-23(25)30)14-16-8-3-1-4-9-16/h1,3-4,7-11,14-15H,2,5-6,12-13H2,(H,24,26)(H,28,29)/b19-14-. The second-order valence-corrected chi connectivity index (χ2v) is 8.66. The highest BCUT2D eigenvalue weighted by atomic mass is 32.2. The van der Waals surface area contributed by atoms with Crippen LogP contribution in [0, 0.1) is 0 Å². The molecule has 8 heteroatoms. The summed E-state index contributed by atoms with van der Waals surface area (Å²) in [5.74, 6) is -1.28. The molecule has 2 amide bonds. The maximum absolute atomic E-state index is 12.6. The number of hydrogen-bond donors (Lipinski definition) is 2. The van der Waals surface area contributed by atoms with Crippen LogP contribution in [-0.2, 0) is 9.59 Å². The zero-order chi connectivity index (χ0) is 22.2. The molecule has 0 atom stereocenters. The summed E-state index contributed by atoms with van der Waals surface area (Å²) in [5, 5.41) is 11.7. The Hall–Kier alpha value is -2.97. The Balaban J connectivity index is 1.40. The Morgan fingerprint density at radius 3 is 2.58 bits per heavy atom. The van der Waals surface area contributed by atoms with Gasteiger partial charge in [0.15, 0.2) is 0 Å². The number of carbonyl (C=O) groups is 3. The number of amides is 2. The molecule has 0 bridgehead atoms. The highest BCUT2D eigenvalue weighted by molar-refractivity contribution is 8.26. The van der Waals surface area contributed by atoms with Crippen LogP contribution >= 0.6 is 24.0 Å². The van der Waals surface area contributed by atoms with E-state index in [9.17, 15) is 14.4 Å². The van der Waals surface area contributed by atoms with Gasteiger partial charge in [0.05, 0.1) is 10.5 Å². The minimum absolute atomic E-state index is 0.0742. The normalized spacial score (nSPS) is 14.8. The van der Waals surface area contributed by atoms with E-state index in [1.165, 1.54) is 23.9 Å². The molecule has 6 nitrogen and oxygen atoms in total. The molecular weight excluding hydrogens is 432 g/mol. The summed E-state index contributed by atoms with van der Waals surface area (Å²) in [6.45, 7) is 0.527. The van der Waals surface area contributed by atoms with Crippen LogP contribution in [0.2, 0.25) is 0 Å². The van der Waals surface area contributed by atoms with Crippen LogP contribution in [-0.4, -0.2) is 38.7 Å². The fourth-order valence-corrected chi connectivity index (χ4v) is 4.39. The van der Waals surface area contributed by atoms with Crippen LogP contribution in [0.25, 0.3) is 6.08 Å². The van der Waals surface area contributed by atoms with E-state index in [2.05, 4.69) is 5.32 Å². The number of thiocarbonyl (C=S) groups is 1. The van der Waals surface area contributed by atoms with Gasteiger partial charge < -0.3 is 10.4 Å². The minimum Gasteiger partial charge on any atom is -0.478 e. The number of unbranched alkanes of at least 4 members (excludes halogenated alkanes) is 2. The Bertz CT molecular complexity index is 1020. The number of aromatic carboxylic acids is 1. The van der Waals surface area contributed by atoms with Gasteiger partial charge in [-0.05, 0) is 42.7 Å². The van der Waals surface area contributed by atoms with Crippen LogP contribution in [0.5, 0.6) is 0 Å². The van der Waals surface area contributed by atoms with Gasteiger partial charge in [0.25, 0.3) is 5.91 Å². The van der Waals surface area contributed by atoms with Crippen molar-refractivity contribution in [3.05, 3.63) is 70.6 Å². The number of carbonyl (C=O) groups excluding carboxylic acids is 2. The van der Waals surface area contributed by atoms with Gasteiger partial charge in [-0.25, -0.2) is 4.79 Å². The lowest BCUT2D eigenvalue weighted by atomic mass is 10.1. The number of nitrogens with one attached hydrogen (secondary N) is 1. The molecule has 1 aliphatic rings. The number of anilines is 1. The molecule has 2 N–H and O–H groups in total. The van der Waals surface area contributed by atoms with E-state index in [1.807, 2.05) is 36.4 Å². The lowest BCUT2D eigenvalue weighted by molar-refractivity contribution is -0.122. The summed E-state index contributed by atoms with van der Waals surface area (Å²) in [4.78, 5) is 37.9. The maximum atomic E-state index is 12.6. The van der Waals surface area contributed by atoms with Crippen molar-refractivity contribution in [2.24, 2.45) is 0 Å². The van der Waals surface area contributed by atoms with Crippen molar-refractivity contribution in [3.8, 4) is 0 Å². The molecule has 1 heterocycles. The van der Waals surface area contributed by atoms with Gasteiger partial charge in [-0.2, -0.15) is 0 Å². The Kier molecular flexibility index (Phi) is 7.97. The molecule has 1 fully saturated rings. The van der Waals surface area contributed by atoms with Crippen LogP contribution < -0.4 is 5.32 Å². The number of hydrogen-bond acceptors (Lipinski definition) is 5. The van der Waals surface area contributed by atoms with Gasteiger partial charge >= 0.3 is 5.97 Å². The fraction of sp³-hybridized carbons (Fsp3) is 0.217. The first-order valence-electron chi connectivity index (χ1n) is 9.87.